The predicted molar refractivity (Wildman–Crippen MR) is 70.2 cm³/mol. The van der Waals surface area contributed by atoms with E-state index in [0.717, 1.165) is 11.5 Å². The first-order chi connectivity index (χ1) is 9.11. The van der Waals surface area contributed by atoms with Crippen LogP contribution in [0.5, 0.6) is 5.75 Å². The van der Waals surface area contributed by atoms with Gasteiger partial charge in [-0.15, -0.1) is 0 Å². The number of hydrogen-bond donors (Lipinski definition) is 1. The fraction of sp³-hybridized carbons (Fsp3) is 0.250. The Morgan fingerprint density at radius 3 is 2.89 bits per heavy atom. The van der Waals surface area contributed by atoms with Crippen molar-refractivity contribution in [2.75, 3.05) is 12.4 Å². The molecule has 7 heteroatoms. The summed E-state index contributed by atoms with van der Waals surface area (Å²) >= 11 is 0. The number of methoxy groups -OCH3 is 1. The topological polar surface area (TPSA) is 82.2 Å². The zero-order chi connectivity index (χ0) is 13.8. The number of nitrogens with zero attached hydrogens (tertiary/aromatic N) is 3. The molecule has 0 saturated carbocycles. The summed E-state index contributed by atoms with van der Waals surface area (Å²) in [5.41, 5.74) is 0.690. The van der Waals surface area contributed by atoms with Crippen molar-refractivity contribution in [3.63, 3.8) is 0 Å². The number of ether oxygens (including phenoxy) is 1. The molecule has 0 radical (unpaired) electrons. The van der Waals surface area contributed by atoms with E-state index in [4.69, 9.17) is 4.74 Å². The van der Waals surface area contributed by atoms with Crippen LogP contribution in [0.1, 0.15) is 5.82 Å². The van der Waals surface area contributed by atoms with Gasteiger partial charge in [-0.2, -0.15) is 0 Å². The van der Waals surface area contributed by atoms with Gasteiger partial charge in [0.05, 0.1) is 18.6 Å². The van der Waals surface area contributed by atoms with Crippen LogP contribution in [-0.4, -0.2) is 21.6 Å². The van der Waals surface area contributed by atoms with Crippen LogP contribution in [0, 0.1) is 10.1 Å². The van der Waals surface area contributed by atoms with Crippen molar-refractivity contribution < 1.29 is 9.66 Å². The Kier molecular flexibility index (Phi) is 3.65. The molecule has 0 spiro atoms. The number of aryl methyl sites for hydroxylation is 1. The van der Waals surface area contributed by atoms with Crippen LogP contribution >= 0.6 is 0 Å². The van der Waals surface area contributed by atoms with E-state index in [1.807, 2.05) is 17.8 Å². The van der Waals surface area contributed by atoms with Gasteiger partial charge in [-0.05, 0) is 6.07 Å². The smallest absolute Gasteiger partial charge is 0.311 e. The molecule has 0 saturated heterocycles. The van der Waals surface area contributed by atoms with E-state index in [1.165, 1.54) is 13.2 Å². The lowest BCUT2D eigenvalue weighted by Gasteiger charge is -2.08. The molecule has 2 rings (SSSR count). The molecule has 0 fully saturated rings. The number of nitrogens with one attached hydrogen (secondary N) is 1. The molecular weight excluding hydrogens is 248 g/mol. The number of imidazole rings is 1. The molecular formula is C12H14N4O3. The monoisotopic (exact) mass is 262 g/mol. The van der Waals surface area contributed by atoms with Crippen LogP contribution in [0.4, 0.5) is 11.4 Å². The standard InChI is InChI=1S/C12H14N4O3/c1-15-6-5-13-12(15)8-14-9-3-4-10(16(17)18)11(7-9)19-2/h3-7,14H,8H2,1-2H3. The van der Waals surface area contributed by atoms with Crippen LogP contribution in [0.2, 0.25) is 0 Å². The third-order valence-electron chi connectivity index (χ3n) is 2.75. The normalized spacial score (nSPS) is 10.2. The second-order valence-corrected chi connectivity index (χ2v) is 3.95. The number of anilines is 1. The van der Waals surface area contributed by atoms with Crippen molar-refractivity contribution in [3.05, 3.63) is 46.5 Å². The molecule has 7 nitrogen and oxygen atoms in total. The van der Waals surface area contributed by atoms with E-state index in [0.29, 0.717) is 6.54 Å². The van der Waals surface area contributed by atoms with Crippen LogP contribution in [-0.2, 0) is 13.6 Å². The number of aromatic nitrogens is 2. The molecule has 1 heterocycles. The molecule has 0 aliphatic carbocycles. The van der Waals surface area contributed by atoms with Gasteiger partial charge in [0.25, 0.3) is 0 Å². The van der Waals surface area contributed by atoms with E-state index in [9.17, 15) is 10.1 Å². The average molecular weight is 262 g/mol. The Hall–Kier alpha value is -2.57. The van der Waals surface area contributed by atoms with E-state index in [1.54, 1.807) is 18.3 Å². The van der Waals surface area contributed by atoms with Gasteiger partial charge < -0.3 is 14.6 Å². The van der Waals surface area contributed by atoms with E-state index in [2.05, 4.69) is 10.3 Å². The third kappa shape index (κ3) is 2.82. The van der Waals surface area contributed by atoms with Gasteiger partial charge in [-0.3, -0.25) is 10.1 Å². The fourth-order valence-corrected chi connectivity index (χ4v) is 1.69. The van der Waals surface area contributed by atoms with Gasteiger partial charge >= 0.3 is 5.69 Å². The van der Waals surface area contributed by atoms with Crippen molar-refractivity contribution in [2.45, 2.75) is 6.54 Å². The van der Waals surface area contributed by atoms with E-state index < -0.39 is 4.92 Å². The van der Waals surface area contributed by atoms with Crippen molar-refractivity contribution in [1.82, 2.24) is 9.55 Å². The highest BCUT2D eigenvalue weighted by molar-refractivity contribution is 5.57. The van der Waals surface area contributed by atoms with Crippen molar-refractivity contribution >= 4 is 11.4 Å². The first-order valence-electron chi connectivity index (χ1n) is 5.64. The first kappa shape index (κ1) is 12.9. The zero-order valence-electron chi connectivity index (χ0n) is 10.7. The molecule has 0 atom stereocenters. The summed E-state index contributed by atoms with van der Waals surface area (Å²) in [6, 6.07) is 4.66. The number of rotatable bonds is 5. The molecule has 0 aliphatic heterocycles. The Balaban J connectivity index is 2.13. The Labute approximate surface area is 110 Å². The van der Waals surface area contributed by atoms with Crippen molar-refractivity contribution in [1.29, 1.82) is 0 Å². The summed E-state index contributed by atoms with van der Waals surface area (Å²) in [4.78, 5) is 14.5. The lowest BCUT2D eigenvalue weighted by Crippen LogP contribution is -2.06. The summed E-state index contributed by atoms with van der Waals surface area (Å²) in [5, 5.41) is 13.9. The average Bonchev–Trinajstić information content (AvgIpc) is 2.81. The number of nitro groups is 1. The zero-order valence-corrected chi connectivity index (χ0v) is 10.7. The molecule has 2 aromatic rings. The summed E-state index contributed by atoms with van der Waals surface area (Å²) in [6.45, 7) is 0.532. The SMILES string of the molecule is COc1cc(NCc2nccn2C)ccc1[N+](=O)[O-]. The molecule has 0 amide bonds. The van der Waals surface area contributed by atoms with Gasteiger partial charge in [-0.1, -0.05) is 0 Å². The lowest BCUT2D eigenvalue weighted by atomic mass is 10.2. The van der Waals surface area contributed by atoms with Crippen molar-refractivity contribution in [2.24, 2.45) is 7.05 Å². The molecule has 1 N–H and O–H groups in total. The highest BCUT2D eigenvalue weighted by Crippen LogP contribution is 2.29. The maximum Gasteiger partial charge on any atom is 0.311 e. The van der Waals surface area contributed by atoms with Gasteiger partial charge in [0.1, 0.15) is 5.82 Å². The predicted octanol–water partition coefficient (Wildman–Crippen LogP) is 1.95. The Morgan fingerprint density at radius 2 is 2.32 bits per heavy atom. The quantitative estimate of drug-likeness (QED) is 0.657. The third-order valence-corrected chi connectivity index (χ3v) is 2.75. The maximum atomic E-state index is 10.8. The lowest BCUT2D eigenvalue weighted by molar-refractivity contribution is -0.385. The molecule has 0 aliphatic rings. The highest BCUT2D eigenvalue weighted by atomic mass is 16.6. The van der Waals surface area contributed by atoms with Crippen LogP contribution in [0.15, 0.2) is 30.6 Å². The summed E-state index contributed by atoms with van der Waals surface area (Å²) in [5.74, 6) is 1.10. The van der Waals surface area contributed by atoms with E-state index in [-0.39, 0.29) is 11.4 Å². The minimum Gasteiger partial charge on any atom is -0.490 e. The first-order valence-corrected chi connectivity index (χ1v) is 5.64. The summed E-state index contributed by atoms with van der Waals surface area (Å²) < 4.78 is 6.90. The minimum absolute atomic E-state index is 0.0509. The Bertz CT molecular complexity index is 594. The molecule has 100 valence electrons. The molecule has 1 aromatic heterocycles. The largest absolute Gasteiger partial charge is 0.490 e. The summed E-state index contributed by atoms with van der Waals surface area (Å²) in [7, 11) is 3.31. The molecule has 19 heavy (non-hydrogen) atoms. The van der Waals surface area contributed by atoms with Gasteiger partial charge in [0.2, 0.25) is 0 Å². The summed E-state index contributed by atoms with van der Waals surface area (Å²) in [6.07, 6.45) is 3.57. The highest BCUT2D eigenvalue weighted by Gasteiger charge is 2.14. The Morgan fingerprint density at radius 1 is 1.53 bits per heavy atom. The second kappa shape index (κ2) is 5.38. The van der Waals surface area contributed by atoms with Crippen LogP contribution < -0.4 is 10.1 Å². The van der Waals surface area contributed by atoms with Crippen LogP contribution in [0.25, 0.3) is 0 Å². The minimum atomic E-state index is -0.471. The van der Waals surface area contributed by atoms with Crippen molar-refractivity contribution in [3.8, 4) is 5.75 Å². The second-order valence-electron chi connectivity index (χ2n) is 3.95. The molecule has 0 unspecified atom stereocenters. The molecule has 1 aromatic carbocycles. The van der Waals surface area contributed by atoms with Crippen LogP contribution in [0.3, 0.4) is 0 Å². The molecule has 0 bridgehead atoms. The van der Waals surface area contributed by atoms with Gasteiger partial charge in [0.15, 0.2) is 5.75 Å². The fourth-order valence-electron chi connectivity index (χ4n) is 1.69. The van der Waals surface area contributed by atoms with Gasteiger partial charge in [-0.25, -0.2) is 4.98 Å². The number of nitro benzene ring substituents is 1. The van der Waals surface area contributed by atoms with Gasteiger partial charge in [0, 0.05) is 37.3 Å². The van der Waals surface area contributed by atoms with E-state index >= 15 is 0 Å². The number of benzene rings is 1. The number of hydrogen-bond acceptors (Lipinski definition) is 5. The maximum absolute atomic E-state index is 10.8.